The van der Waals surface area contributed by atoms with Crippen LogP contribution in [0.2, 0.25) is 0 Å². The lowest BCUT2D eigenvalue weighted by atomic mass is 9.99. The minimum Gasteiger partial charge on any atom is -0.328 e. The molecule has 4 heteroatoms. The van der Waals surface area contributed by atoms with Gasteiger partial charge in [-0.05, 0) is 25.7 Å². The lowest BCUT2D eigenvalue weighted by molar-refractivity contribution is 0.442. The van der Waals surface area contributed by atoms with Crippen molar-refractivity contribution in [3.05, 3.63) is 0 Å². The van der Waals surface area contributed by atoms with Crippen LogP contribution in [0.4, 0.5) is 0 Å². The fourth-order valence-corrected chi connectivity index (χ4v) is 1.50. The fraction of sp³-hybridized carbons (Fsp3) is 1.00. The molecule has 0 aliphatic carbocycles. The Morgan fingerprint density at radius 1 is 0.857 bits per heavy atom. The summed E-state index contributed by atoms with van der Waals surface area (Å²) in [6, 6.07) is 0.385. The van der Waals surface area contributed by atoms with Crippen molar-refractivity contribution < 1.29 is 0 Å². The first-order valence-corrected chi connectivity index (χ1v) is 5.58. The number of hydrogen-bond donors (Lipinski definition) is 4. The van der Waals surface area contributed by atoms with E-state index >= 15 is 0 Å². The molecule has 0 rings (SSSR count). The summed E-state index contributed by atoms with van der Waals surface area (Å²) >= 11 is 0. The summed E-state index contributed by atoms with van der Waals surface area (Å²) in [6.07, 6.45) is 5.74. The Bertz CT molecular complexity index is 127. The van der Waals surface area contributed by atoms with Gasteiger partial charge in [0.1, 0.15) is 0 Å². The van der Waals surface area contributed by atoms with Gasteiger partial charge in [-0.2, -0.15) is 0 Å². The Kier molecular flexibility index (Phi) is 8.08. The van der Waals surface area contributed by atoms with E-state index in [1.165, 1.54) is 12.8 Å². The van der Waals surface area contributed by atoms with Crippen LogP contribution in [-0.2, 0) is 0 Å². The zero-order valence-corrected chi connectivity index (χ0v) is 9.28. The van der Waals surface area contributed by atoms with Crippen LogP contribution >= 0.6 is 0 Å². The van der Waals surface area contributed by atoms with Crippen molar-refractivity contribution >= 4 is 0 Å². The van der Waals surface area contributed by atoms with Crippen LogP contribution in [0.3, 0.4) is 0 Å². The van der Waals surface area contributed by atoms with Gasteiger partial charge in [0.15, 0.2) is 0 Å². The molecule has 14 heavy (non-hydrogen) atoms. The summed E-state index contributed by atoms with van der Waals surface area (Å²) in [6.45, 7) is 2.17. The minimum atomic E-state index is -0.243. The highest BCUT2D eigenvalue weighted by Gasteiger charge is 2.09. The maximum absolute atomic E-state index is 5.92. The van der Waals surface area contributed by atoms with Crippen LogP contribution in [0.15, 0.2) is 0 Å². The van der Waals surface area contributed by atoms with Crippen molar-refractivity contribution in [2.75, 3.05) is 0 Å². The Labute approximate surface area is 87.4 Å². The topological polar surface area (TPSA) is 104 Å². The van der Waals surface area contributed by atoms with Crippen LogP contribution in [0, 0.1) is 0 Å². The number of rotatable bonds is 8. The second-order valence-corrected chi connectivity index (χ2v) is 4.14. The lowest BCUT2D eigenvalue weighted by Crippen LogP contribution is -2.35. The zero-order chi connectivity index (χ0) is 11.0. The van der Waals surface area contributed by atoms with Crippen LogP contribution < -0.4 is 22.9 Å². The molecule has 0 spiro atoms. The van der Waals surface area contributed by atoms with Crippen LogP contribution in [-0.4, -0.2) is 18.2 Å². The molecule has 8 N–H and O–H groups in total. The van der Waals surface area contributed by atoms with Gasteiger partial charge in [0.05, 0.1) is 6.17 Å². The molecule has 0 aromatic heterocycles. The molecule has 0 aliphatic rings. The Hall–Kier alpha value is -0.160. The van der Waals surface area contributed by atoms with Crippen molar-refractivity contribution in [2.45, 2.75) is 63.7 Å². The van der Waals surface area contributed by atoms with E-state index in [1.807, 2.05) is 0 Å². The van der Waals surface area contributed by atoms with Crippen LogP contribution in [0.25, 0.3) is 0 Å². The van der Waals surface area contributed by atoms with Crippen molar-refractivity contribution in [3.8, 4) is 0 Å². The summed E-state index contributed by atoms with van der Waals surface area (Å²) in [4.78, 5) is 0. The summed E-state index contributed by atoms with van der Waals surface area (Å²) in [5.41, 5.74) is 22.7. The second kappa shape index (κ2) is 8.17. The molecule has 0 saturated heterocycles. The molecule has 0 radical (unpaired) electrons. The van der Waals surface area contributed by atoms with Crippen molar-refractivity contribution in [2.24, 2.45) is 22.9 Å². The summed E-state index contributed by atoms with van der Waals surface area (Å²) < 4.78 is 0. The molecule has 0 saturated carbocycles. The van der Waals surface area contributed by atoms with E-state index in [4.69, 9.17) is 22.9 Å². The molecule has 86 valence electrons. The molecule has 0 aromatic rings. The molecular weight excluding hydrogens is 176 g/mol. The minimum absolute atomic E-state index is 0.149. The molecule has 0 heterocycles. The molecule has 2 atom stereocenters. The zero-order valence-electron chi connectivity index (χ0n) is 9.28. The van der Waals surface area contributed by atoms with Gasteiger partial charge < -0.3 is 22.9 Å². The maximum atomic E-state index is 5.92. The van der Waals surface area contributed by atoms with Crippen LogP contribution in [0.5, 0.6) is 0 Å². The van der Waals surface area contributed by atoms with Gasteiger partial charge in [-0.3, -0.25) is 0 Å². The van der Waals surface area contributed by atoms with E-state index in [2.05, 4.69) is 6.92 Å². The maximum Gasteiger partial charge on any atom is 0.0521 e. The molecule has 0 fully saturated rings. The molecular formula is C10H26N4. The average molecular weight is 202 g/mol. The average Bonchev–Trinajstić information content (AvgIpc) is 2.11. The number of hydrogen-bond acceptors (Lipinski definition) is 4. The molecule has 2 unspecified atom stereocenters. The first kappa shape index (κ1) is 13.8. The van der Waals surface area contributed by atoms with E-state index in [-0.39, 0.29) is 18.2 Å². The largest absolute Gasteiger partial charge is 0.328 e. The number of nitrogens with two attached hydrogens (primary N) is 4. The first-order chi connectivity index (χ1) is 6.56. The van der Waals surface area contributed by atoms with Gasteiger partial charge in [-0.25, -0.2) is 0 Å². The van der Waals surface area contributed by atoms with E-state index in [0.29, 0.717) is 0 Å². The third-order valence-corrected chi connectivity index (χ3v) is 2.40. The van der Waals surface area contributed by atoms with Crippen molar-refractivity contribution in [3.63, 3.8) is 0 Å². The molecule has 0 aliphatic heterocycles. The normalized spacial score (nSPS) is 15.9. The smallest absolute Gasteiger partial charge is 0.0521 e. The fourth-order valence-electron chi connectivity index (χ4n) is 1.50. The van der Waals surface area contributed by atoms with Gasteiger partial charge in [0.25, 0.3) is 0 Å². The van der Waals surface area contributed by atoms with Gasteiger partial charge in [-0.1, -0.05) is 19.8 Å². The Balaban J connectivity index is 3.44. The van der Waals surface area contributed by atoms with Crippen molar-refractivity contribution in [1.82, 2.24) is 0 Å². The second-order valence-electron chi connectivity index (χ2n) is 4.14. The lowest BCUT2D eigenvalue weighted by Gasteiger charge is -2.17. The summed E-state index contributed by atoms with van der Waals surface area (Å²) in [5, 5.41) is 0. The monoisotopic (exact) mass is 202 g/mol. The first-order valence-electron chi connectivity index (χ1n) is 5.58. The van der Waals surface area contributed by atoms with Gasteiger partial charge >= 0.3 is 0 Å². The third-order valence-electron chi connectivity index (χ3n) is 2.40. The van der Waals surface area contributed by atoms with Crippen LogP contribution in [0.1, 0.15) is 45.4 Å². The molecule has 4 nitrogen and oxygen atoms in total. The van der Waals surface area contributed by atoms with E-state index < -0.39 is 0 Å². The SMILES string of the molecule is CCCCC(N)CC(N)CCC(N)N. The molecule has 0 amide bonds. The quantitative estimate of drug-likeness (QED) is 0.423. The predicted molar refractivity (Wildman–Crippen MR) is 61.5 cm³/mol. The Morgan fingerprint density at radius 2 is 1.43 bits per heavy atom. The standard InChI is InChI=1S/C10H26N4/c1-2-3-4-8(11)7-9(12)5-6-10(13)14/h8-10H,2-7,11-14H2,1H3. The summed E-state index contributed by atoms with van der Waals surface area (Å²) in [5.74, 6) is 0. The van der Waals surface area contributed by atoms with Gasteiger partial charge in [0, 0.05) is 12.1 Å². The number of unbranched alkanes of at least 4 members (excludes halogenated alkanes) is 1. The summed E-state index contributed by atoms with van der Waals surface area (Å²) in [7, 11) is 0. The molecule has 0 bridgehead atoms. The van der Waals surface area contributed by atoms with Crippen molar-refractivity contribution in [1.29, 1.82) is 0 Å². The van der Waals surface area contributed by atoms with E-state index in [9.17, 15) is 0 Å². The highest BCUT2D eigenvalue weighted by atomic mass is 14.8. The highest BCUT2D eigenvalue weighted by Crippen LogP contribution is 2.07. The van der Waals surface area contributed by atoms with E-state index in [1.54, 1.807) is 0 Å². The predicted octanol–water partition coefficient (Wildman–Crippen LogP) is 0.245. The highest BCUT2D eigenvalue weighted by molar-refractivity contribution is 4.71. The van der Waals surface area contributed by atoms with E-state index in [0.717, 1.165) is 25.7 Å². The van der Waals surface area contributed by atoms with Gasteiger partial charge in [0.2, 0.25) is 0 Å². The van der Waals surface area contributed by atoms with Gasteiger partial charge in [-0.15, -0.1) is 0 Å². The molecule has 0 aromatic carbocycles. The third kappa shape index (κ3) is 8.44. The Morgan fingerprint density at radius 3 is 1.93 bits per heavy atom.